The van der Waals surface area contributed by atoms with Crippen molar-refractivity contribution < 1.29 is 14.3 Å². The van der Waals surface area contributed by atoms with E-state index in [1.807, 2.05) is 12.1 Å². The Kier molecular flexibility index (Phi) is 4.40. The first kappa shape index (κ1) is 12.7. The fourth-order valence-corrected chi connectivity index (χ4v) is 2.09. The number of esters is 1. The highest BCUT2D eigenvalue weighted by Gasteiger charge is 2.16. The Hall–Kier alpha value is -1.77. The van der Waals surface area contributed by atoms with Crippen molar-refractivity contribution in [3.63, 3.8) is 0 Å². The average Bonchev–Trinajstić information content (AvgIpc) is 2.45. The van der Waals surface area contributed by atoms with Crippen LogP contribution in [0.15, 0.2) is 36.4 Å². The van der Waals surface area contributed by atoms with E-state index >= 15 is 0 Å². The van der Waals surface area contributed by atoms with Crippen molar-refractivity contribution in [3.05, 3.63) is 42.0 Å². The fourth-order valence-electron chi connectivity index (χ4n) is 2.09. The van der Waals surface area contributed by atoms with E-state index < -0.39 is 0 Å². The van der Waals surface area contributed by atoms with Gasteiger partial charge in [0.15, 0.2) is 0 Å². The fraction of sp³-hybridized carbons (Fsp3) is 0.400. The summed E-state index contributed by atoms with van der Waals surface area (Å²) >= 11 is 0. The quantitative estimate of drug-likeness (QED) is 0.604. The summed E-state index contributed by atoms with van der Waals surface area (Å²) < 4.78 is 10.5. The molecule has 0 bridgehead atoms. The summed E-state index contributed by atoms with van der Waals surface area (Å²) in [6.07, 6.45) is 7.51. The molecule has 0 spiro atoms. The van der Waals surface area contributed by atoms with Gasteiger partial charge in [0.05, 0.1) is 13.7 Å². The second-order valence-electron chi connectivity index (χ2n) is 4.45. The van der Waals surface area contributed by atoms with Gasteiger partial charge in [0, 0.05) is 0 Å². The number of para-hydroxylation sites is 1. The van der Waals surface area contributed by atoms with Crippen LogP contribution in [0.4, 0.5) is 0 Å². The van der Waals surface area contributed by atoms with Gasteiger partial charge in [-0.15, -0.1) is 0 Å². The van der Waals surface area contributed by atoms with Crippen LogP contribution in [-0.2, 0) is 4.74 Å². The molecule has 1 unspecified atom stereocenters. The van der Waals surface area contributed by atoms with E-state index in [0.29, 0.717) is 23.8 Å². The summed E-state index contributed by atoms with van der Waals surface area (Å²) in [7, 11) is 1.55. The zero-order chi connectivity index (χ0) is 12.8. The predicted octanol–water partition coefficient (Wildman–Crippen LogP) is 3.21. The summed E-state index contributed by atoms with van der Waals surface area (Å²) in [6, 6.07) is 7.13. The van der Waals surface area contributed by atoms with Gasteiger partial charge in [-0.2, -0.15) is 0 Å². The van der Waals surface area contributed by atoms with Gasteiger partial charge in [0.25, 0.3) is 0 Å². The van der Waals surface area contributed by atoms with E-state index in [-0.39, 0.29) is 5.97 Å². The molecule has 1 aliphatic rings. The van der Waals surface area contributed by atoms with Crippen LogP contribution in [0.2, 0.25) is 0 Å². The summed E-state index contributed by atoms with van der Waals surface area (Å²) in [4.78, 5) is 11.9. The molecule has 2 rings (SSSR count). The van der Waals surface area contributed by atoms with E-state index in [2.05, 4.69) is 12.2 Å². The van der Waals surface area contributed by atoms with Gasteiger partial charge in [-0.1, -0.05) is 24.3 Å². The molecule has 3 heteroatoms. The Labute approximate surface area is 107 Å². The van der Waals surface area contributed by atoms with E-state index in [9.17, 15) is 4.79 Å². The van der Waals surface area contributed by atoms with Gasteiger partial charge in [-0.05, 0) is 37.3 Å². The Bertz CT molecular complexity index is 437. The highest BCUT2D eigenvalue weighted by Crippen LogP contribution is 2.21. The number of allylic oxidation sites excluding steroid dienone is 2. The number of ether oxygens (including phenoxy) is 2. The number of rotatable bonds is 4. The lowest BCUT2D eigenvalue weighted by atomic mass is 9.95. The topological polar surface area (TPSA) is 35.5 Å². The standard InChI is InChI=1S/C15H18O3/c1-17-14-10-6-5-9-13(14)15(16)18-11-12-7-3-2-4-8-12/h2-3,5-6,9-10,12H,4,7-8,11H2,1H3. The van der Waals surface area contributed by atoms with Crippen molar-refractivity contribution in [1.82, 2.24) is 0 Å². The molecule has 3 nitrogen and oxygen atoms in total. The first-order valence-electron chi connectivity index (χ1n) is 6.26. The Morgan fingerprint density at radius 3 is 2.89 bits per heavy atom. The largest absolute Gasteiger partial charge is 0.496 e. The van der Waals surface area contributed by atoms with Gasteiger partial charge in [-0.25, -0.2) is 4.79 Å². The van der Waals surface area contributed by atoms with Crippen LogP contribution in [0.1, 0.15) is 29.6 Å². The molecule has 0 saturated carbocycles. The smallest absolute Gasteiger partial charge is 0.341 e. The molecule has 0 amide bonds. The second-order valence-corrected chi connectivity index (χ2v) is 4.45. The minimum atomic E-state index is -0.304. The van der Waals surface area contributed by atoms with Gasteiger partial charge in [0.2, 0.25) is 0 Å². The third-order valence-electron chi connectivity index (χ3n) is 3.15. The molecule has 96 valence electrons. The molecule has 1 aliphatic carbocycles. The van der Waals surface area contributed by atoms with Crippen molar-refractivity contribution in [1.29, 1.82) is 0 Å². The maximum atomic E-state index is 11.9. The van der Waals surface area contributed by atoms with Crippen LogP contribution in [-0.4, -0.2) is 19.7 Å². The molecule has 0 aromatic heterocycles. The van der Waals surface area contributed by atoms with Crippen molar-refractivity contribution >= 4 is 5.97 Å². The number of hydrogen-bond acceptors (Lipinski definition) is 3. The molecular formula is C15H18O3. The molecule has 0 N–H and O–H groups in total. The number of carbonyl (C=O) groups is 1. The Morgan fingerprint density at radius 1 is 1.33 bits per heavy atom. The molecule has 0 heterocycles. The van der Waals surface area contributed by atoms with Gasteiger partial charge in [0.1, 0.15) is 11.3 Å². The third-order valence-corrected chi connectivity index (χ3v) is 3.15. The number of benzene rings is 1. The molecule has 0 radical (unpaired) electrons. The normalized spacial score (nSPS) is 18.4. The van der Waals surface area contributed by atoms with E-state index in [1.54, 1.807) is 19.2 Å². The second kappa shape index (κ2) is 6.24. The van der Waals surface area contributed by atoms with E-state index in [0.717, 1.165) is 19.3 Å². The molecule has 1 atom stereocenters. The summed E-state index contributed by atoms with van der Waals surface area (Å²) in [5, 5.41) is 0. The Balaban J connectivity index is 1.93. The van der Waals surface area contributed by atoms with Crippen LogP contribution in [0, 0.1) is 5.92 Å². The molecule has 1 aromatic carbocycles. The minimum Gasteiger partial charge on any atom is -0.496 e. The minimum absolute atomic E-state index is 0.304. The van der Waals surface area contributed by atoms with Crippen LogP contribution in [0.5, 0.6) is 5.75 Å². The molecule has 0 fully saturated rings. The summed E-state index contributed by atoms with van der Waals surface area (Å²) in [5.74, 6) is 0.710. The maximum absolute atomic E-state index is 11.9. The summed E-state index contributed by atoms with van der Waals surface area (Å²) in [6.45, 7) is 0.487. The lowest BCUT2D eigenvalue weighted by Crippen LogP contribution is -2.15. The van der Waals surface area contributed by atoms with Crippen molar-refractivity contribution in [2.75, 3.05) is 13.7 Å². The molecule has 1 aromatic rings. The van der Waals surface area contributed by atoms with Gasteiger partial charge >= 0.3 is 5.97 Å². The number of carbonyl (C=O) groups excluding carboxylic acids is 1. The molecule has 0 aliphatic heterocycles. The maximum Gasteiger partial charge on any atom is 0.341 e. The molecule has 18 heavy (non-hydrogen) atoms. The Morgan fingerprint density at radius 2 is 2.17 bits per heavy atom. The van der Waals surface area contributed by atoms with Crippen LogP contribution >= 0.6 is 0 Å². The number of hydrogen-bond donors (Lipinski definition) is 0. The predicted molar refractivity (Wildman–Crippen MR) is 69.8 cm³/mol. The monoisotopic (exact) mass is 246 g/mol. The van der Waals surface area contributed by atoms with Crippen LogP contribution < -0.4 is 4.74 Å². The molecular weight excluding hydrogens is 228 g/mol. The molecule has 0 saturated heterocycles. The zero-order valence-corrected chi connectivity index (χ0v) is 10.6. The third kappa shape index (κ3) is 3.13. The van der Waals surface area contributed by atoms with Gasteiger partial charge in [-0.3, -0.25) is 0 Å². The first-order chi connectivity index (χ1) is 8.81. The zero-order valence-electron chi connectivity index (χ0n) is 10.6. The number of methoxy groups -OCH3 is 1. The highest BCUT2D eigenvalue weighted by molar-refractivity contribution is 5.92. The average molecular weight is 246 g/mol. The summed E-state index contributed by atoms with van der Waals surface area (Å²) in [5.41, 5.74) is 0.492. The lowest BCUT2D eigenvalue weighted by molar-refractivity contribution is 0.0428. The first-order valence-corrected chi connectivity index (χ1v) is 6.26. The van der Waals surface area contributed by atoms with E-state index in [1.165, 1.54) is 0 Å². The van der Waals surface area contributed by atoms with Crippen molar-refractivity contribution in [3.8, 4) is 5.75 Å². The van der Waals surface area contributed by atoms with Crippen molar-refractivity contribution in [2.24, 2.45) is 5.92 Å². The van der Waals surface area contributed by atoms with Gasteiger partial charge < -0.3 is 9.47 Å². The lowest BCUT2D eigenvalue weighted by Gasteiger charge is -2.17. The van der Waals surface area contributed by atoms with Crippen LogP contribution in [0.25, 0.3) is 0 Å². The highest BCUT2D eigenvalue weighted by atomic mass is 16.5. The van der Waals surface area contributed by atoms with E-state index in [4.69, 9.17) is 9.47 Å². The van der Waals surface area contributed by atoms with Crippen molar-refractivity contribution in [2.45, 2.75) is 19.3 Å². The SMILES string of the molecule is COc1ccccc1C(=O)OCC1CC=CCC1. The van der Waals surface area contributed by atoms with Crippen LogP contribution in [0.3, 0.4) is 0 Å².